The summed E-state index contributed by atoms with van der Waals surface area (Å²) in [5.74, 6) is 0.379. The first kappa shape index (κ1) is 16.5. The summed E-state index contributed by atoms with van der Waals surface area (Å²) >= 11 is 1.40. The third-order valence-electron chi connectivity index (χ3n) is 3.35. The molecule has 1 atom stereocenters. The number of carbonyl (C=O) groups excluding carboxylic acids is 1. The maximum Gasteiger partial charge on any atom is 0.230 e. The van der Waals surface area contributed by atoms with Crippen LogP contribution in [-0.4, -0.2) is 32.5 Å². The fourth-order valence-electron chi connectivity index (χ4n) is 2.27. The molecule has 5 nitrogen and oxygen atoms in total. The van der Waals surface area contributed by atoms with E-state index in [1.54, 1.807) is 6.33 Å². The Hall–Kier alpha value is -1.82. The molecule has 0 aliphatic heterocycles. The van der Waals surface area contributed by atoms with Crippen LogP contribution in [0.25, 0.3) is 5.69 Å². The van der Waals surface area contributed by atoms with Crippen molar-refractivity contribution in [1.82, 2.24) is 20.1 Å². The van der Waals surface area contributed by atoms with E-state index in [-0.39, 0.29) is 11.9 Å². The zero-order chi connectivity index (χ0) is 15.9. The molecule has 0 saturated carbocycles. The highest BCUT2D eigenvalue weighted by Crippen LogP contribution is 2.21. The van der Waals surface area contributed by atoms with E-state index in [2.05, 4.69) is 22.4 Å². The van der Waals surface area contributed by atoms with Crippen molar-refractivity contribution in [2.45, 2.75) is 44.8 Å². The lowest BCUT2D eigenvalue weighted by molar-refractivity contribution is -0.119. The quantitative estimate of drug-likeness (QED) is 0.797. The Balaban J connectivity index is 1.99. The minimum absolute atomic E-state index is 0.0327. The van der Waals surface area contributed by atoms with E-state index in [9.17, 15) is 4.79 Å². The molecular formula is C16H22N4OS. The van der Waals surface area contributed by atoms with Crippen LogP contribution in [0.2, 0.25) is 0 Å². The van der Waals surface area contributed by atoms with Gasteiger partial charge in [0.15, 0.2) is 5.16 Å². The number of aryl methyl sites for hydroxylation is 1. The lowest BCUT2D eigenvalue weighted by Gasteiger charge is -2.12. The molecule has 1 heterocycles. The Bertz CT molecular complexity index is 626. The van der Waals surface area contributed by atoms with Crippen molar-refractivity contribution >= 4 is 17.7 Å². The summed E-state index contributed by atoms with van der Waals surface area (Å²) in [6.07, 6.45) is 3.74. The predicted octanol–water partition coefficient (Wildman–Crippen LogP) is 2.97. The second-order valence-corrected chi connectivity index (χ2v) is 6.26. The molecule has 0 aliphatic carbocycles. The molecule has 22 heavy (non-hydrogen) atoms. The van der Waals surface area contributed by atoms with E-state index in [1.165, 1.54) is 11.8 Å². The Morgan fingerprint density at radius 3 is 2.91 bits per heavy atom. The van der Waals surface area contributed by atoms with Crippen molar-refractivity contribution in [1.29, 1.82) is 0 Å². The molecule has 1 aromatic carbocycles. The molecule has 1 N–H and O–H groups in total. The number of rotatable bonds is 7. The summed E-state index contributed by atoms with van der Waals surface area (Å²) in [6, 6.07) is 8.26. The summed E-state index contributed by atoms with van der Waals surface area (Å²) in [5, 5.41) is 11.8. The monoisotopic (exact) mass is 318 g/mol. The largest absolute Gasteiger partial charge is 0.353 e. The Labute approximate surface area is 135 Å². The Morgan fingerprint density at radius 2 is 2.18 bits per heavy atom. The molecule has 118 valence electrons. The summed E-state index contributed by atoms with van der Waals surface area (Å²) in [4.78, 5) is 11.9. The average Bonchev–Trinajstić information content (AvgIpc) is 2.94. The highest BCUT2D eigenvalue weighted by molar-refractivity contribution is 7.99. The lowest BCUT2D eigenvalue weighted by Crippen LogP contribution is -2.33. The second-order valence-electron chi connectivity index (χ2n) is 5.32. The zero-order valence-corrected chi connectivity index (χ0v) is 14.1. The van der Waals surface area contributed by atoms with Crippen LogP contribution in [-0.2, 0) is 4.79 Å². The zero-order valence-electron chi connectivity index (χ0n) is 13.2. The molecule has 1 aromatic heterocycles. The molecule has 0 aliphatic rings. The fraction of sp³-hybridized carbons (Fsp3) is 0.438. The van der Waals surface area contributed by atoms with Crippen LogP contribution in [0.1, 0.15) is 32.3 Å². The van der Waals surface area contributed by atoms with Gasteiger partial charge in [-0.3, -0.25) is 9.36 Å². The van der Waals surface area contributed by atoms with Crippen LogP contribution >= 0.6 is 11.8 Å². The number of nitrogens with one attached hydrogen (secondary N) is 1. The minimum Gasteiger partial charge on any atom is -0.353 e. The van der Waals surface area contributed by atoms with Gasteiger partial charge < -0.3 is 5.32 Å². The third kappa shape index (κ3) is 4.34. The van der Waals surface area contributed by atoms with Gasteiger partial charge in [0.1, 0.15) is 6.33 Å². The van der Waals surface area contributed by atoms with Crippen molar-refractivity contribution in [3.63, 3.8) is 0 Å². The van der Waals surface area contributed by atoms with Crippen LogP contribution in [0.5, 0.6) is 0 Å². The van der Waals surface area contributed by atoms with E-state index in [4.69, 9.17) is 0 Å². The second kappa shape index (κ2) is 7.98. The van der Waals surface area contributed by atoms with Gasteiger partial charge in [0.2, 0.25) is 5.91 Å². The number of aromatic nitrogens is 3. The van der Waals surface area contributed by atoms with E-state index < -0.39 is 0 Å². The average molecular weight is 318 g/mol. The van der Waals surface area contributed by atoms with Crippen molar-refractivity contribution < 1.29 is 4.79 Å². The predicted molar refractivity (Wildman–Crippen MR) is 89.3 cm³/mol. The van der Waals surface area contributed by atoms with Gasteiger partial charge in [-0.25, -0.2) is 0 Å². The first-order chi connectivity index (χ1) is 10.6. The van der Waals surface area contributed by atoms with Crippen LogP contribution in [0.15, 0.2) is 35.7 Å². The summed E-state index contributed by atoms with van der Waals surface area (Å²) in [7, 11) is 0. The number of nitrogens with zero attached hydrogens (tertiary/aromatic N) is 3. The van der Waals surface area contributed by atoms with Gasteiger partial charge in [0.05, 0.1) is 11.4 Å². The van der Waals surface area contributed by atoms with Crippen molar-refractivity contribution in [2.75, 3.05) is 5.75 Å². The number of amides is 1. The first-order valence-electron chi connectivity index (χ1n) is 7.50. The van der Waals surface area contributed by atoms with Crippen molar-refractivity contribution in [3.05, 3.63) is 36.2 Å². The van der Waals surface area contributed by atoms with E-state index >= 15 is 0 Å². The van der Waals surface area contributed by atoms with Crippen LogP contribution in [0.4, 0.5) is 0 Å². The minimum atomic E-state index is 0.0327. The van der Waals surface area contributed by atoms with Gasteiger partial charge in [-0.05, 0) is 31.9 Å². The molecule has 0 radical (unpaired) electrons. The van der Waals surface area contributed by atoms with Gasteiger partial charge in [0, 0.05) is 6.04 Å². The molecule has 1 amide bonds. The third-order valence-corrected chi connectivity index (χ3v) is 4.30. The molecule has 0 unspecified atom stereocenters. The number of para-hydroxylation sites is 1. The van der Waals surface area contributed by atoms with Gasteiger partial charge in [-0.15, -0.1) is 10.2 Å². The smallest absolute Gasteiger partial charge is 0.230 e. The molecule has 2 aromatic rings. The SMILES string of the molecule is CCC[C@@H](C)NC(=O)CSc1nncn1-c1ccccc1C. The Kier molecular flexibility index (Phi) is 6.00. The fourth-order valence-corrected chi connectivity index (χ4v) is 3.01. The van der Waals surface area contributed by atoms with E-state index in [0.717, 1.165) is 29.2 Å². The van der Waals surface area contributed by atoms with Crippen molar-refractivity contribution in [3.8, 4) is 5.69 Å². The molecule has 0 bridgehead atoms. The Morgan fingerprint density at radius 1 is 1.41 bits per heavy atom. The molecule has 0 fully saturated rings. The van der Waals surface area contributed by atoms with Crippen molar-refractivity contribution in [2.24, 2.45) is 0 Å². The topological polar surface area (TPSA) is 59.8 Å². The number of thioether (sulfide) groups is 1. The molecule has 2 rings (SSSR count). The lowest BCUT2D eigenvalue weighted by atomic mass is 10.2. The highest BCUT2D eigenvalue weighted by atomic mass is 32.2. The summed E-state index contributed by atoms with van der Waals surface area (Å²) in [5.41, 5.74) is 2.18. The standard InChI is InChI=1S/C16H22N4OS/c1-4-7-13(3)18-15(21)10-22-16-19-17-11-20(16)14-9-6-5-8-12(14)2/h5-6,8-9,11,13H,4,7,10H2,1-3H3,(H,18,21)/t13-/m1/s1. The first-order valence-corrected chi connectivity index (χ1v) is 8.48. The van der Waals surface area contributed by atoms with E-state index in [0.29, 0.717) is 5.75 Å². The maximum absolute atomic E-state index is 11.9. The molecular weight excluding hydrogens is 296 g/mol. The van der Waals surface area contributed by atoms with E-state index in [1.807, 2.05) is 42.7 Å². The van der Waals surface area contributed by atoms with Gasteiger partial charge in [-0.1, -0.05) is 43.3 Å². The number of hydrogen-bond acceptors (Lipinski definition) is 4. The maximum atomic E-state index is 11.9. The van der Waals surface area contributed by atoms with Crippen LogP contribution in [0, 0.1) is 6.92 Å². The normalized spacial score (nSPS) is 12.1. The molecule has 0 spiro atoms. The van der Waals surface area contributed by atoms with Gasteiger partial charge >= 0.3 is 0 Å². The molecule has 0 saturated heterocycles. The van der Waals surface area contributed by atoms with Gasteiger partial charge in [0.25, 0.3) is 0 Å². The summed E-state index contributed by atoms with van der Waals surface area (Å²) in [6.45, 7) is 6.19. The van der Waals surface area contributed by atoms with Crippen LogP contribution < -0.4 is 5.32 Å². The number of carbonyl (C=O) groups is 1. The van der Waals surface area contributed by atoms with Crippen LogP contribution in [0.3, 0.4) is 0 Å². The van der Waals surface area contributed by atoms with Gasteiger partial charge in [-0.2, -0.15) is 0 Å². The number of benzene rings is 1. The highest BCUT2D eigenvalue weighted by Gasteiger charge is 2.12. The summed E-state index contributed by atoms with van der Waals surface area (Å²) < 4.78 is 1.92. The number of hydrogen-bond donors (Lipinski definition) is 1. The molecule has 6 heteroatoms.